The first-order chi connectivity index (χ1) is 10.2. The lowest BCUT2D eigenvalue weighted by Gasteiger charge is -2.21. The summed E-state index contributed by atoms with van der Waals surface area (Å²) in [5.74, 6) is 0.788. The van der Waals surface area contributed by atoms with E-state index in [4.69, 9.17) is 5.10 Å². The Morgan fingerprint density at radius 1 is 1.33 bits per heavy atom. The normalized spacial score (nSPS) is 19.0. The minimum atomic E-state index is 0.576. The average molecular weight is 291 g/mol. The molecular weight excluding hydrogens is 258 g/mol. The topological polar surface area (TPSA) is 29.9 Å². The van der Waals surface area contributed by atoms with Crippen LogP contribution in [0.4, 0.5) is 0 Å². The van der Waals surface area contributed by atoms with Gasteiger partial charge in [-0.15, -0.1) is 0 Å². The van der Waals surface area contributed by atoms with E-state index in [1.54, 1.807) is 0 Å². The summed E-state index contributed by atoms with van der Waals surface area (Å²) in [6, 6.07) is 3.47. The third-order valence-corrected chi connectivity index (χ3v) is 4.88. The SMILES string of the molecule is CCCNC(Cc1ccn(C2CCCC2)n1)CC(C)CC. The summed E-state index contributed by atoms with van der Waals surface area (Å²) in [4.78, 5) is 0. The molecule has 1 saturated carbocycles. The Kier molecular flexibility index (Phi) is 6.75. The number of hydrogen-bond donors (Lipinski definition) is 1. The van der Waals surface area contributed by atoms with Crippen molar-refractivity contribution in [2.24, 2.45) is 5.92 Å². The molecule has 0 amide bonds. The van der Waals surface area contributed by atoms with Gasteiger partial charge in [-0.2, -0.15) is 5.10 Å². The second-order valence-corrected chi connectivity index (χ2v) is 6.83. The van der Waals surface area contributed by atoms with Crippen molar-refractivity contribution in [2.75, 3.05) is 6.54 Å². The zero-order valence-corrected chi connectivity index (χ0v) is 14.1. The van der Waals surface area contributed by atoms with E-state index in [-0.39, 0.29) is 0 Å². The highest BCUT2D eigenvalue weighted by molar-refractivity contribution is 5.03. The van der Waals surface area contributed by atoms with Gasteiger partial charge in [-0.1, -0.05) is 40.0 Å². The van der Waals surface area contributed by atoms with Crippen LogP contribution >= 0.6 is 0 Å². The van der Waals surface area contributed by atoms with Gasteiger partial charge in [0, 0.05) is 18.7 Å². The lowest BCUT2D eigenvalue weighted by molar-refractivity contribution is 0.386. The third kappa shape index (κ3) is 5.14. The Labute approximate surface area is 130 Å². The minimum absolute atomic E-state index is 0.576. The van der Waals surface area contributed by atoms with Crippen LogP contribution in [0.25, 0.3) is 0 Å². The summed E-state index contributed by atoms with van der Waals surface area (Å²) >= 11 is 0. The van der Waals surface area contributed by atoms with Crippen LogP contribution in [0.2, 0.25) is 0 Å². The van der Waals surface area contributed by atoms with Gasteiger partial charge in [0.25, 0.3) is 0 Å². The van der Waals surface area contributed by atoms with Gasteiger partial charge in [0.2, 0.25) is 0 Å². The molecule has 21 heavy (non-hydrogen) atoms. The van der Waals surface area contributed by atoms with E-state index >= 15 is 0 Å². The molecule has 1 fully saturated rings. The maximum atomic E-state index is 4.85. The lowest BCUT2D eigenvalue weighted by atomic mass is 9.96. The van der Waals surface area contributed by atoms with Crippen LogP contribution in [0.5, 0.6) is 0 Å². The highest BCUT2D eigenvalue weighted by Gasteiger charge is 2.19. The smallest absolute Gasteiger partial charge is 0.0640 e. The molecule has 2 unspecified atom stereocenters. The zero-order valence-electron chi connectivity index (χ0n) is 14.1. The Morgan fingerprint density at radius 3 is 2.76 bits per heavy atom. The van der Waals surface area contributed by atoms with Gasteiger partial charge < -0.3 is 5.32 Å². The van der Waals surface area contributed by atoms with Gasteiger partial charge >= 0.3 is 0 Å². The molecule has 0 aliphatic heterocycles. The van der Waals surface area contributed by atoms with Crippen molar-refractivity contribution in [1.29, 1.82) is 0 Å². The Bertz CT molecular complexity index is 393. The molecule has 1 N–H and O–H groups in total. The summed E-state index contributed by atoms with van der Waals surface area (Å²) in [5.41, 5.74) is 1.26. The number of aromatic nitrogens is 2. The Balaban J connectivity index is 1.91. The summed E-state index contributed by atoms with van der Waals surface area (Å²) < 4.78 is 2.22. The molecule has 0 saturated heterocycles. The van der Waals surface area contributed by atoms with E-state index in [0.29, 0.717) is 12.1 Å². The molecule has 0 spiro atoms. The van der Waals surface area contributed by atoms with E-state index in [1.165, 1.54) is 50.6 Å². The van der Waals surface area contributed by atoms with Crippen LogP contribution < -0.4 is 5.32 Å². The van der Waals surface area contributed by atoms with Crippen molar-refractivity contribution in [3.8, 4) is 0 Å². The minimum Gasteiger partial charge on any atom is -0.314 e. The van der Waals surface area contributed by atoms with E-state index in [0.717, 1.165) is 18.9 Å². The molecule has 3 nitrogen and oxygen atoms in total. The van der Waals surface area contributed by atoms with Gasteiger partial charge in [0.1, 0.15) is 0 Å². The van der Waals surface area contributed by atoms with Crippen LogP contribution in [-0.2, 0) is 6.42 Å². The monoisotopic (exact) mass is 291 g/mol. The van der Waals surface area contributed by atoms with Crippen LogP contribution in [0, 0.1) is 5.92 Å². The molecule has 2 rings (SSSR count). The van der Waals surface area contributed by atoms with Crippen molar-refractivity contribution < 1.29 is 0 Å². The first kappa shape index (κ1) is 16.5. The van der Waals surface area contributed by atoms with Crippen molar-refractivity contribution in [3.05, 3.63) is 18.0 Å². The second kappa shape index (κ2) is 8.57. The van der Waals surface area contributed by atoms with Gasteiger partial charge in [0.05, 0.1) is 11.7 Å². The van der Waals surface area contributed by atoms with Crippen molar-refractivity contribution >= 4 is 0 Å². The molecule has 0 bridgehead atoms. The maximum Gasteiger partial charge on any atom is 0.0640 e. The zero-order chi connectivity index (χ0) is 15.1. The molecule has 3 heteroatoms. The number of rotatable bonds is 9. The fourth-order valence-electron chi connectivity index (χ4n) is 3.35. The van der Waals surface area contributed by atoms with Gasteiger partial charge in [-0.05, 0) is 44.2 Å². The lowest BCUT2D eigenvalue weighted by Crippen LogP contribution is -2.33. The third-order valence-electron chi connectivity index (χ3n) is 4.88. The summed E-state index contributed by atoms with van der Waals surface area (Å²) in [6.07, 6.45) is 12.4. The first-order valence-electron chi connectivity index (χ1n) is 9.00. The van der Waals surface area contributed by atoms with Crippen molar-refractivity contribution in [3.63, 3.8) is 0 Å². The summed E-state index contributed by atoms with van der Waals surface area (Å²) in [6.45, 7) is 8.00. The standard InChI is InChI=1S/C18H33N3/c1-4-11-19-17(13-15(3)5-2)14-16-10-12-21(20-16)18-8-6-7-9-18/h10,12,15,17-19H,4-9,11,13-14H2,1-3H3. The molecule has 1 aromatic rings. The molecule has 1 aromatic heterocycles. The van der Waals surface area contributed by atoms with E-state index in [2.05, 4.69) is 43.0 Å². The van der Waals surface area contributed by atoms with E-state index in [1.807, 2.05) is 0 Å². The van der Waals surface area contributed by atoms with Crippen LogP contribution in [0.3, 0.4) is 0 Å². The van der Waals surface area contributed by atoms with Gasteiger partial charge in [0.15, 0.2) is 0 Å². The predicted molar refractivity (Wildman–Crippen MR) is 89.6 cm³/mol. The predicted octanol–water partition coefficient (Wildman–Crippen LogP) is 4.35. The maximum absolute atomic E-state index is 4.85. The number of nitrogens with zero attached hydrogens (tertiary/aromatic N) is 2. The number of nitrogens with one attached hydrogen (secondary N) is 1. The Hall–Kier alpha value is -0.830. The molecule has 120 valence electrons. The molecule has 1 aliphatic rings. The first-order valence-corrected chi connectivity index (χ1v) is 9.00. The summed E-state index contributed by atoms with van der Waals surface area (Å²) in [7, 11) is 0. The van der Waals surface area contributed by atoms with Crippen molar-refractivity contribution in [1.82, 2.24) is 15.1 Å². The van der Waals surface area contributed by atoms with Crippen LogP contribution in [0.15, 0.2) is 12.3 Å². The molecule has 1 heterocycles. The fourth-order valence-corrected chi connectivity index (χ4v) is 3.35. The highest BCUT2D eigenvalue weighted by atomic mass is 15.3. The molecule has 1 aliphatic carbocycles. The second-order valence-electron chi connectivity index (χ2n) is 6.83. The van der Waals surface area contributed by atoms with Gasteiger partial charge in [-0.3, -0.25) is 4.68 Å². The van der Waals surface area contributed by atoms with Crippen LogP contribution in [0.1, 0.15) is 77.5 Å². The summed E-state index contributed by atoms with van der Waals surface area (Å²) in [5, 5.41) is 8.56. The molecule has 2 atom stereocenters. The largest absolute Gasteiger partial charge is 0.314 e. The quantitative estimate of drug-likeness (QED) is 0.733. The number of hydrogen-bond acceptors (Lipinski definition) is 2. The highest BCUT2D eigenvalue weighted by Crippen LogP contribution is 2.28. The van der Waals surface area contributed by atoms with E-state index in [9.17, 15) is 0 Å². The molecular formula is C18H33N3. The van der Waals surface area contributed by atoms with Crippen molar-refractivity contribution in [2.45, 2.75) is 84.2 Å². The fraction of sp³-hybridized carbons (Fsp3) is 0.833. The average Bonchev–Trinajstić information content (AvgIpc) is 3.15. The van der Waals surface area contributed by atoms with Gasteiger partial charge in [-0.25, -0.2) is 0 Å². The Morgan fingerprint density at radius 2 is 2.10 bits per heavy atom. The van der Waals surface area contributed by atoms with E-state index < -0.39 is 0 Å². The molecule has 0 radical (unpaired) electrons. The van der Waals surface area contributed by atoms with Crippen LogP contribution in [-0.4, -0.2) is 22.4 Å². The molecule has 0 aromatic carbocycles.